The molecule has 0 aliphatic carbocycles. The Morgan fingerprint density at radius 3 is 1.19 bits per heavy atom. The van der Waals surface area contributed by atoms with Gasteiger partial charge in [-0.2, -0.15) is 0 Å². The summed E-state index contributed by atoms with van der Waals surface area (Å²) in [5.74, 6) is -0.331. The Kier molecular flexibility index (Phi) is 52.0. The number of ether oxygens (including phenoxy) is 2. The van der Waals surface area contributed by atoms with Crippen molar-refractivity contribution < 1.29 is 37.3 Å². The van der Waals surface area contributed by atoms with Crippen molar-refractivity contribution in [1.29, 1.82) is 0 Å². The van der Waals surface area contributed by atoms with E-state index in [-0.39, 0.29) is 25.8 Å². The van der Waals surface area contributed by atoms with Crippen LogP contribution in [0.2, 0.25) is 0 Å². The van der Waals surface area contributed by atoms with Crippen molar-refractivity contribution in [2.45, 2.75) is 290 Å². The first-order valence-electron chi connectivity index (χ1n) is 29.7. The lowest BCUT2D eigenvalue weighted by Crippen LogP contribution is -2.37. The highest BCUT2D eigenvalue weighted by Crippen LogP contribution is 2.38. The van der Waals surface area contributed by atoms with Gasteiger partial charge in [0.2, 0.25) is 0 Å². The van der Waals surface area contributed by atoms with Crippen molar-refractivity contribution in [2.75, 3.05) is 54.1 Å². The summed E-state index contributed by atoms with van der Waals surface area (Å²) in [6.45, 7) is 5.45. The third-order valence-electron chi connectivity index (χ3n) is 13.2. The van der Waals surface area contributed by atoms with Crippen LogP contribution in [0.4, 0.5) is 0 Å². The molecule has 0 rings (SSSR count). The molecule has 0 aromatic heterocycles. The second-order valence-electron chi connectivity index (χ2n) is 21.4. The lowest BCUT2D eigenvalue weighted by Gasteiger charge is -2.28. The largest absolute Gasteiger partial charge is 0.756 e. The minimum Gasteiger partial charge on any atom is -0.756 e. The molecule has 0 N–H and O–H groups in total. The molecule has 8 nitrogen and oxygen atoms in total. The van der Waals surface area contributed by atoms with E-state index in [2.05, 4.69) is 50.3 Å². The van der Waals surface area contributed by atoms with Crippen LogP contribution in [-0.2, 0) is 27.9 Å². The zero-order valence-electron chi connectivity index (χ0n) is 46.5. The van der Waals surface area contributed by atoms with Crippen LogP contribution in [0.15, 0.2) is 36.5 Å². The van der Waals surface area contributed by atoms with Gasteiger partial charge in [-0.1, -0.05) is 243 Å². The van der Waals surface area contributed by atoms with Gasteiger partial charge in [0.25, 0.3) is 7.82 Å². The normalized spacial score (nSPS) is 13.7. The van der Waals surface area contributed by atoms with Crippen molar-refractivity contribution in [1.82, 2.24) is 0 Å². The van der Waals surface area contributed by atoms with E-state index in [1.165, 1.54) is 225 Å². The summed E-state index contributed by atoms with van der Waals surface area (Å²) in [7, 11) is 1.37. The monoisotopic (exact) mass is 994 g/mol. The second-order valence-corrected chi connectivity index (χ2v) is 22.8. The molecule has 0 aromatic rings. The molecule has 0 radical (unpaired) electrons. The minimum atomic E-state index is -4.53. The molecule has 0 bridgehead atoms. The predicted octanol–water partition coefficient (Wildman–Crippen LogP) is 18.2. The number of unbranched alkanes of at least 4 members (excludes halogenated alkanes) is 36. The average molecular weight is 995 g/mol. The fourth-order valence-corrected chi connectivity index (χ4v) is 9.30. The van der Waals surface area contributed by atoms with Crippen LogP contribution in [0.5, 0.6) is 0 Å². The Labute approximate surface area is 429 Å². The lowest BCUT2D eigenvalue weighted by molar-refractivity contribution is -0.870. The Morgan fingerprint density at radius 1 is 0.449 bits per heavy atom. The van der Waals surface area contributed by atoms with Crippen molar-refractivity contribution in [2.24, 2.45) is 0 Å². The molecule has 0 aliphatic rings. The molecule has 0 saturated heterocycles. The average Bonchev–Trinajstić information content (AvgIpc) is 3.31. The Balaban J connectivity index is 4.04. The maximum atomic E-state index is 12.8. The molecule has 0 saturated carbocycles. The molecule has 0 heterocycles. The number of allylic oxidation sites excluding steroid dienone is 6. The Morgan fingerprint density at radius 2 is 0.797 bits per heavy atom. The van der Waals surface area contributed by atoms with Gasteiger partial charge in [0.05, 0.1) is 34.4 Å². The number of carbonyl (C=O) groups is 1. The van der Waals surface area contributed by atoms with Crippen LogP contribution in [0.1, 0.15) is 284 Å². The molecule has 0 fully saturated rings. The third-order valence-corrected chi connectivity index (χ3v) is 14.1. The lowest BCUT2D eigenvalue weighted by atomic mass is 10.0. The van der Waals surface area contributed by atoms with Gasteiger partial charge in [0.15, 0.2) is 0 Å². The van der Waals surface area contributed by atoms with Gasteiger partial charge in [-0.05, 0) is 70.6 Å². The summed E-state index contributed by atoms with van der Waals surface area (Å²) in [4.78, 5) is 25.3. The summed E-state index contributed by atoms with van der Waals surface area (Å²) in [5.41, 5.74) is 0. The van der Waals surface area contributed by atoms with Crippen molar-refractivity contribution in [3.63, 3.8) is 0 Å². The molecule has 9 heteroatoms. The molecule has 69 heavy (non-hydrogen) atoms. The van der Waals surface area contributed by atoms with Gasteiger partial charge < -0.3 is 27.9 Å². The van der Waals surface area contributed by atoms with Crippen molar-refractivity contribution in [3.05, 3.63) is 36.5 Å². The minimum absolute atomic E-state index is 0.0269. The van der Waals surface area contributed by atoms with E-state index in [9.17, 15) is 14.3 Å². The summed E-state index contributed by atoms with van der Waals surface area (Å²) in [6.07, 6.45) is 66.2. The number of phosphoric acid groups is 1. The molecule has 0 spiro atoms. The first-order chi connectivity index (χ1) is 33.6. The van der Waals surface area contributed by atoms with Crippen LogP contribution in [0, 0.1) is 0 Å². The van der Waals surface area contributed by atoms with E-state index in [0.717, 1.165) is 38.5 Å². The maximum absolute atomic E-state index is 12.8. The van der Waals surface area contributed by atoms with Crippen LogP contribution >= 0.6 is 7.82 Å². The van der Waals surface area contributed by atoms with Gasteiger partial charge in [-0.3, -0.25) is 9.36 Å². The maximum Gasteiger partial charge on any atom is 0.306 e. The zero-order valence-corrected chi connectivity index (χ0v) is 47.4. The molecule has 2 atom stereocenters. The van der Waals surface area contributed by atoms with Gasteiger partial charge in [0.1, 0.15) is 19.3 Å². The highest BCUT2D eigenvalue weighted by atomic mass is 31.2. The number of quaternary nitrogens is 1. The topological polar surface area (TPSA) is 94.1 Å². The first kappa shape index (κ1) is 67.7. The quantitative estimate of drug-likeness (QED) is 0.0197. The molecule has 0 amide bonds. The van der Waals surface area contributed by atoms with Crippen molar-refractivity contribution >= 4 is 13.8 Å². The number of hydrogen-bond donors (Lipinski definition) is 0. The zero-order chi connectivity index (χ0) is 50.5. The number of carbonyl (C=O) groups excluding carboxylic acids is 1. The van der Waals surface area contributed by atoms with Gasteiger partial charge in [-0.25, -0.2) is 0 Å². The third kappa shape index (κ3) is 57.5. The summed E-state index contributed by atoms with van der Waals surface area (Å²) in [5, 5.41) is 0. The predicted molar refractivity (Wildman–Crippen MR) is 296 cm³/mol. The number of rotatable bonds is 56. The highest BCUT2D eigenvalue weighted by Gasteiger charge is 2.20. The standard InChI is InChI=1S/C60H116NO7P/c1-6-8-10-12-14-16-18-20-22-24-26-28-30-31-32-33-35-37-39-41-43-45-47-49-51-53-60(62)68-59(58-67-69(63,64)66-56-54-61(3,4)5)57-65-55-52-50-48-46-44-42-40-38-36-34-29-27-25-23-21-19-17-15-13-11-9-7-2/h18,20,24-27,59H,6-17,19,21-23,28-58H2,1-5H3/b20-18-,26-24-,27-25-. The highest BCUT2D eigenvalue weighted by molar-refractivity contribution is 7.45. The van der Waals surface area contributed by atoms with E-state index in [1.54, 1.807) is 0 Å². The van der Waals surface area contributed by atoms with Crippen molar-refractivity contribution in [3.8, 4) is 0 Å². The summed E-state index contributed by atoms with van der Waals surface area (Å²) in [6, 6.07) is 0. The molecular formula is C60H116NO7P. The van der Waals surface area contributed by atoms with Crippen LogP contribution < -0.4 is 4.89 Å². The van der Waals surface area contributed by atoms with Gasteiger partial charge in [0, 0.05) is 13.0 Å². The Hall–Kier alpha value is -1.28. The number of nitrogens with zero attached hydrogens (tertiary/aromatic N) is 1. The van der Waals surface area contributed by atoms with Gasteiger partial charge in [-0.15, -0.1) is 0 Å². The fourth-order valence-electron chi connectivity index (χ4n) is 8.57. The molecule has 2 unspecified atom stereocenters. The summed E-state index contributed by atoms with van der Waals surface area (Å²) < 4.78 is 34.9. The number of phosphoric ester groups is 1. The van der Waals surface area contributed by atoms with E-state index < -0.39 is 13.9 Å². The number of esters is 1. The Bertz CT molecular complexity index is 1200. The summed E-state index contributed by atoms with van der Waals surface area (Å²) >= 11 is 0. The number of likely N-dealkylation sites (N-methyl/N-ethyl adjacent to an activating group) is 1. The molecule has 408 valence electrons. The van der Waals surface area contributed by atoms with Crippen LogP contribution in [0.3, 0.4) is 0 Å². The van der Waals surface area contributed by atoms with E-state index >= 15 is 0 Å². The van der Waals surface area contributed by atoms with E-state index in [0.29, 0.717) is 24.1 Å². The molecular weight excluding hydrogens is 878 g/mol. The molecule has 0 aromatic carbocycles. The van der Waals surface area contributed by atoms with E-state index in [1.807, 2.05) is 21.1 Å². The second kappa shape index (κ2) is 53.0. The SMILES string of the molecule is CCCCCCC/C=C\C/C=C\CCCCCCCCCCCCCCCC(=O)OC(COCCCCCCCCCCCC/C=C\CCCCCCCCCC)COP(=O)([O-])OCC[N+](C)(C)C. The van der Waals surface area contributed by atoms with Crippen LogP contribution in [-0.4, -0.2) is 70.7 Å². The first-order valence-corrected chi connectivity index (χ1v) is 31.2. The fraction of sp³-hybridized carbons (Fsp3) is 0.883. The molecule has 0 aliphatic heterocycles. The smallest absolute Gasteiger partial charge is 0.306 e. The number of hydrogen-bond acceptors (Lipinski definition) is 7. The van der Waals surface area contributed by atoms with Gasteiger partial charge >= 0.3 is 5.97 Å². The van der Waals surface area contributed by atoms with Crippen LogP contribution in [0.25, 0.3) is 0 Å². The van der Waals surface area contributed by atoms with E-state index in [4.69, 9.17) is 18.5 Å².